The molecule has 0 aliphatic rings. The molecule has 2 heterocycles. The average molecular weight is 424 g/mol. The molecular formula is C18H21N3O3S3. The molecule has 0 radical (unpaired) electrons. The summed E-state index contributed by atoms with van der Waals surface area (Å²) in [5.74, 6) is 0.448. The number of thioether (sulfide) groups is 1. The highest BCUT2D eigenvalue weighted by atomic mass is 32.2. The van der Waals surface area contributed by atoms with Crippen LogP contribution in [0, 0.1) is 13.8 Å². The molecule has 9 heteroatoms. The predicted molar refractivity (Wildman–Crippen MR) is 113 cm³/mol. The largest absolute Gasteiger partial charge is 0.290 e. The molecule has 0 saturated carbocycles. The number of thiophene rings is 1. The minimum atomic E-state index is -3.47. The third-order valence-corrected chi connectivity index (χ3v) is 7.24. The number of primary sulfonamides is 1. The first-order valence-electron chi connectivity index (χ1n) is 8.36. The minimum Gasteiger partial charge on any atom is -0.290 e. The van der Waals surface area contributed by atoms with Crippen molar-refractivity contribution < 1.29 is 8.42 Å². The van der Waals surface area contributed by atoms with Gasteiger partial charge < -0.3 is 0 Å². The van der Waals surface area contributed by atoms with Crippen molar-refractivity contribution in [3.63, 3.8) is 0 Å². The number of hydrogen-bond donors (Lipinski definition) is 1. The van der Waals surface area contributed by atoms with Crippen LogP contribution < -0.4 is 10.7 Å². The number of fused-ring (bicyclic) bond motifs is 1. The van der Waals surface area contributed by atoms with E-state index in [-0.39, 0.29) is 11.3 Å². The van der Waals surface area contributed by atoms with Crippen LogP contribution >= 0.6 is 23.1 Å². The molecule has 0 spiro atoms. The van der Waals surface area contributed by atoms with E-state index >= 15 is 0 Å². The van der Waals surface area contributed by atoms with Gasteiger partial charge in [-0.3, -0.25) is 9.36 Å². The zero-order valence-corrected chi connectivity index (χ0v) is 17.8. The van der Waals surface area contributed by atoms with Crippen molar-refractivity contribution in [1.82, 2.24) is 9.55 Å². The standard InChI is InChI=1S/C18H21N3O3S3/c1-11-5-6-13(9-12(11)2)14-10-26-16-15(14)17(22)21(3)18(20-16)25-7-4-8-27(19,23)24/h5-6,9-10H,4,7-8H2,1-3H3,(H2,19,23,24). The Morgan fingerprint density at radius 3 is 2.67 bits per heavy atom. The van der Waals surface area contributed by atoms with Gasteiger partial charge in [0, 0.05) is 23.7 Å². The summed E-state index contributed by atoms with van der Waals surface area (Å²) in [6.45, 7) is 4.12. The van der Waals surface area contributed by atoms with E-state index in [4.69, 9.17) is 5.14 Å². The van der Waals surface area contributed by atoms with Crippen molar-refractivity contribution in [2.24, 2.45) is 12.2 Å². The van der Waals surface area contributed by atoms with Crippen LogP contribution in [0.25, 0.3) is 21.3 Å². The van der Waals surface area contributed by atoms with Gasteiger partial charge in [0.25, 0.3) is 5.56 Å². The van der Waals surface area contributed by atoms with E-state index in [9.17, 15) is 13.2 Å². The number of nitrogens with two attached hydrogens (primary N) is 1. The second-order valence-electron chi connectivity index (χ2n) is 6.46. The lowest BCUT2D eigenvalue weighted by Crippen LogP contribution is -2.20. The van der Waals surface area contributed by atoms with Gasteiger partial charge in [0.05, 0.1) is 11.1 Å². The Labute approximate surface area is 166 Å². The van der Waals surface area contributed by atoms with E-state index in [0.29, 0.717) is 27.5 Å². The van der Waals surface area contributed by atoms with Crippen molar-refractivity contribution in [3.8, 4) is 11.1 Å². The van der Waals surface area contributed by atoms with Crippen LogP contribution in [0.4, 0.5) is 0 Å². The smallest absolute Gasteiger partial charge is 0.263 e. The topological polar surface area (TPSA) is 95.0 Å². The van der Waals surface area contributed by atoms with Gasteiger partial charge >= 0.3 is 0 Å². The Morgan fingerprint density at radius 2 is 2.00 bits per heavy atom. The van der Waals surface area contributed by atoms with Crippen molar-refractivity contribution in [3.05, 3.63) is 45.1 Å². The summed E-state index contributed by atoms with van der Waals surface area (Å²) in [6.07, 6.45) is 0.412. The summed E-state index contributed by atoms with van der Waals surface area (Å²) >= 11 is 2.81. The van der Waals surface area contributed by atoms with Crippen molar-refractivity contribution in [2.75, 3.05) is 11.5 Å². The fourth-order valence-corrected chi connectivity index (χ4v) is 5.36. The number of sulfonamides is 1. The molecule has 27 heavy (non-hydrogen) atoms. The highest BCUT2D eigenvalue weighted by Gasteiger charge is 2.16. The van der Waals surface area contributed by atoms with Crippen LogP contribution in [0.5, 0.6) is 0 Å². The summed E-state index contributed by atoms with van der Waals surface area (Å²) < 4.78 is 23.6. The van der Waals surface area contributed by atoms with Crippen molar-refractivity contribution in [2.45, 2.75) is 25.4 Å². The molecule has 0 amide bonds. The fourth-order valence-electron chi connectivity index (χ4n) is 2.73. The zero-order valence-electron chi connectivity index (χ0n) is 15.4. The third kappa shape index (κ3) is 4.43. The van der Waals surface area contributed by atoms with Crippen LogP contribution in [0.3, 0.4) is 0 Å². The Kier molecular flexibility index (Phi) is 5.76. The minimum absolute atomic E-state index is 0.0773. The summed E-state index contributed by atoms with van der Waals surface area (Å²) in [5, 5.41) is 8.19. The van der Waals surface area contributed by atoms with Gasteiger partial charge in [-0.15, -0.1) is 11.3 Å². The van der Waals surface area contributed by atoms with Gasteiger partial charge in [-0.2, -0.15) is 0 Å². The maximum Gasteiger partial charge on any atom is 0.263 e. The van der Waals surface area contributed by atoms with Gasteiger partial charge in [-0.1, -0.05) is 30.0 Å². The summed E-state index contributed by atoms with van der Waals surface area (Å²) in [7, 11) is -1.77. The molecule has 2 aromatic heterocycles. The Balaban J connectivity index is 1.94. The number of hydrogen-bond acceptors (Lipinski definition) is 6. The number of rotatable bonds is 6. The Bertz CT molecular complexity index is 1160. The lowest BCUT2D eigenvalue weighted by atomic mass is 10.0. The van der Waals surface area contributed by atoms with Crippen LogP contribution in [-0.2, 0) is 17.1 Å². The highest BCUT2D eigenvalue weighted by molar-refractivity contribution is 7.99. The molecule has 6 nitrogen and oxygen atoms in total. The Hall–Kier alpha value is -1.68. The number of aryl methyl sites for hydroxylation is 2. The SMILES string of the molecule is Cc1ccc(-c2csc3nc(SCCCS(N)(=O)=O)n(C)c(=O)c23)cc1C. The zero-order chi connectivity index (χ0) is 19.8. The maximum atomic E-state index is 12.9. The molecule has 0 fully saturated rings. The molecule has 0 atom stereocenters. The molecular weight excluding hydrogens is 402 g/mol. The molecule has 3 rings (SSSR count). The lowest BCUT2D eigenvalue weighted by Gasteiger charge is -2.08. The van der Waals surface area contributed by atoms with Gasteiger partial charge in [-0.05, 0) is 37.0 Å². The third-order valence-electron chi connectivity index (χ3n) is 4.40. The lowest BCUT2D eigenvalue weighted by molar-refractivity contribution is 0.596. The summed E-state index contributed by atoms with van der Waals surface area (Å²) in [4.78, 5) is 18.3. The Morgan fingerprint density at radius 1 is 1.26 bits per heavy atom. The van der Waals surface area contributed by atoms with Gasteiger partial charge in [0.1, 0.15) is 4.83 Å². The van der Waals surface area contributed by atoms with Crippen LogP contribution in [-0.4, -0.2) is 29.5 Å². The second-order valence-corrected chi connectivity index (χ2v) is 10.1. The summed E-state index contributed by atoms with van der Waals surface area (Å²) in [6, 6.07) is 6.17. The van der Waals surface area contributed by atoms with Crippen molar-refractivity contribution in [1.29, 1.82) is 0 Å². The second kappa shape index (κ2) is 7.75. The molecule has 0 saturated heterocycles. The fraction of sp³-hybridized carbons (Fsp3) is 0.333. The maximum absolute atomic E-state index is 12.9. The number of nitrogens with zero attached hydrogens (tertiary/aromatic N) is 2. The first kappa shape index (κ1) is 20.1. The van der Waals surface area contributed by atoms with Gasteiger partial charge in [0.15, 0.2) is 5.16 Å². The first-order chi connectivity index (χ1) is 12.7. The molecule has 144 valence electrons. The van der Waals surface area contributed by atoms with Crippen LogP contribution in [0.2, 0.25) is 0 Å². The van der Waals surface area contributed by atoms with E-state index in [0.717, 1.165) is 11.1 Å². The van der Waals surface area contributed by atoms with E-state index in [1.54, 1.807) is 7.05 Å². The van der Waals surface area contributed by atoms with Gasteiger partial charge in [-0.25, -0.2) is 18.5 Å². The van der Waals surface area contributed by atoms with Crippen LogP contribution in [0.15, 0.2) is 33.5 Å². The first-order valence-corrected chi connectivity index (χ1v) is 11.9. The van der Waals surface area contributed by atoms with E-state index < -0.39 is 10.0 Å². The monoisotopic (exact) mass is 423 g/mol. The van der Waals surface area contributed by atoms with Crippen LogP contribution in [0.1, 0.15) is 17.5 Å². The molecule has 0 bridgehead atoms. The van der Waals surface area contributed by atoms with E-state index in [2.05, 4.69) is 31.0 Å². The molecule has 1 aromatic carbocycles. The molecule has 2 N–H and O–H groups in total. The van der Waals surface area contributed by atoms with Gasteiger partial charge in [0.2, 0.25) is 10.0 Å². The molecule has 0 aliphatic carbocycles. The summed E-state index contributed by atoms with van der Waals surface area (Å²) in [5.41, 5.74) is 4.21. The van der Waals surface area contributed by atoms with E-state index in [1.807, 2.05) is 11.4 Å². The molecule has 0 unspecified atom stereocenters. The normalized spacial score (nSPS) is 12.0. The number of benzene rings is 1. The quantitative estimate of drug-likeness (QED) is 0.373. The molecule has 3 aromatic rings. The van der Waals surface area contributed by atoms with E-state index in [1.165, 1.54) is 38.8 Å². The number of aromatic nitrogens is 2. The van der Waals surface area contributed by atoms with Crippen molar-refractivity contribution >= 4 is 43.3 Å². The predicted octanol–water partition coefficient (Wildman–Crippen LogP) is 3.05. The highest BCUT2D eigenvalue weighted by Crippen LogP contribution is 2.33. The average Bonchev–Trinajstić information content (AvgIpc) is 3.01. The molecule has 0 aliphatic heterocycles.